The van der Waals surface area contributed by atoms with Gasteiger partial charge in [-0.2, -0.15) is 24.5 Å². The number of thiophene rings is 1. The molecule has 1 heterocycles. The predicted molar refractivity (Wildman–Crippen MR) is 116 cm³/mol. The van der Waals surface area contributed by atoms with Gasteiger partial charge in [-0.3, -0.25) is 0 Å². The first kappa shape index (κ1) is 22.6. The third kappa shape index (κ3) is 6.19. The Labute approximate surface area is 185 Å². The molecule has 160 valence electrons. The first-order valence-electron chi connectivity index (χ1n) is 8.90. The number of nitrogens with two attached hydrogens (primary N) is 1. The van der Waals surface area contributed by atoms with Crippen LogP contribution in [0.3, 0.4) is 0 Å². The van der Waals surface area contributed by atoms with Crippen molar-refractivity contribution in [2.45, 2.75) is 12.8 Å². The van der Waals surface area contributed by atoms with Crippen molar-refractivity contribution < 1.29 is 22.7 Å². The van der Waals surface area contributed by atoms with E-state index in [4.69, 9.17) is 22.1 Å². The highest BCUT2D eigenvalue weighted by Gasteiger charge is 2.31. The maximum Gasteiger partial charge on any atom is 0.430 e. The molecule has 0 spiro atoms. The molecule has 0 aliphatic carbocycles. The molecule has 0 radical (unpaired) electrons. The van der Waals surface area contributed by atoms with Gasteiger partial charge in [-0.1, -0.05) is 35.9 Å². The third-order valence-electron chi connectivity index (χ3n) is 4.08. The van der Waals surface area contributed by atoms with Crippen molar-refractivity contribution >= 4 is 40.3 Å². The van der Waals surface area contributed by atoms with Gasteiger partial charge in [0.1, 0.15) is 12.3 Å². The molecule has 0 unspecified atom stereocenters. The molecule has 4 nitrogen and oxygen atoms in total. The minimum atomic E-state index is -4.72. The molecule has 0 aliphatic heterocycles. The highest BCUT2D eigenvalue weighted by Crippen LogP contribution is 2.27. The zero-order chi connectivity index (χ0) is 22.4. The monoisotopic (exact) mass is 464 g/mol. The predicted octanol–water partition coefficient (Wildman–Crippen LogP) is 6.28. The van der Waals surface area contributed by atoms with Crippen molar-refractivity contribution in [2.75, 3.05) is 0 Å². The van der Waals surface area contributed by atoms with E-state index in [1.807, 2.05) is 16.8 Å². The molecule has 1 aromatic heterocycles. The van der Waals surface area contributed by atoms with Crippen LogP contribution in [0.15, 0.2) is 82.1 Å². The van der Waals surface area contributed by atoms with Crippen molar-refractivity contribution in [2.24, 2.45) is 10.7 Å². The Morgan fingerprint density at radius 3 is 2.39 bits per heavy atom. The number of nitrogens with zero attached hydrogens (tertiary/aromatic N) is 1. The van der Waals surface area contributed by atoms with Crippen LogP contribution in [0.25, 0.3) is 0 Å². The number of ether oxygens (including phenoxy) is 1. The minimum Gasteiger partial charge on any atom is -0.457 e. The van der Waals surface area contributed by atoms with Gasteiger partial charge in [0.25, 0.3) is 0 Å². The maximum atomic E-state index is 13.0. The van der Waals surface area contributed by atoms with Gasteiger partial charge in [0.15, 0.2) is 0 Å². The molecule has 0 amide bonds. The summed E-state index contributed by atoms with van der Waals surface area (Å²) in [6.45, 7) is 0.133. The lowest BCUT2D eigenvalue weighted by atomic mass is 10.1. The Morgan fingerprint density at radius 1 is 1.10 bits per heavy atom. The summed E-state index contributed by atoms with van der Waals surface area (Å²) in [5.74, 6) is -0.548. The summed E-state index contributed by atoms with van der Waals surface area (Å²) in [5, 5.41) is 4.01. The second kappa shape index (κ2) is 9.80. The van der Waals surface area contributed by atoms with E-state index in [-0.39, 0.29) is 28.6 Å². The van der Waals surface area contributed by atoms with Crippen LogP contribution in [-0.4, -0.2) is 17.9 Å². The number of carbonyl (C=O) groups is 1. The summed E-state index contributed by atoms with van der Waals surface area (Å²) < 4.78 is 44.2. The molecule has 0 saturated heterocycles. The van der Waals surface area contributed by atoms with Crippen molar-refractivity contribution in [1.82, 2.24) is 0 Å². The lowest BCUT2D eigenvalue weighted by Gasteiger charge is -2.10. The van der Waals surface area contributed by atoms with Gasteiger partial charge < -0.3 is 10.5 Å². The van der Waals surface area contributed by atoms with E-state index in [2.05, 4.69) is 4.99 Å². The molecular formula is C22H16ClF3N2O2S. The van der Waals surface area contributed by atoms with E-state index in [0.717, 1.165) is 11.6 Å². The van der Waals surface area contributed by atoms with Crippen molar-refractivity contribution in [3.63, 3.8) is 0 Å². The Kier molecular flexibility index (Phi) is 7.14. The lowest BCUT2D eigenvalue weighted by molar-refractivity contribution is -0.0925. The topological polar surface area (TPSA) is 64.7 Å². The average Bonchev–Trinajstić information content (AvgIpc) is 3.26. The van der Waals surface area contributed by atoms with Gasteiger partial charge in [-0.25, -0.2) is 9.79 Å². The van der Waals surface area contributed by atoms with Crippen molar-refractivity contribution in [3.05, 3.63) is 98.8 Å². The molecule has 31 heavy (non-hydrogen) atoms. The Balaban J connectivity index is 1.88. The molecule has 0 atom stereocenters. The summed E-state index contributed by atoms with van der Waals surface area (Å²) in [6, 6.07) is 14.2. The van der Waals surface area contributed by atoms with Gasteiger partial charge in [0.05, 0.1) is 22.0 Å². The quantitative estimate of drug-likeness (QED) is 0.344. The maximum absolute atomic E-state index is 13.0. The molecule has 3 aromatic rings. The van der Waals surface area contributed by atoms with Gasteiger partial charge in [-0.05, 0) is 47.2 Å². The van der Waals surface area contributed by atoms with Crippen LogP contribution in [-0.2, 0) is 11.3 Å². The fourth-order valence-electron chi connectivity index (χ4n) is 2.47. The van der Waals surface area contributed by atoms with Gasteiger partial charge >= 0.3 is 12.1 Å². The molecule has 0 bridgehead atoms. The fraction of sp³-hybridized carbons (Fsp3) is 0.0909. The van der Waals surface area contributed by atoms with Crippen LogP contribution < -0.4 is 5.73 Å². The normalized spacial score (nSPS) is 12.6. The van der Waals surface area contributed by atoms with Crippen LogP contribution in [0, 0.1) is 0 Å². The fourth-order valence-corrected chi connectivity index (χ4v) is 3.30. The molecule has 2 aromatic carbocycles. The van der Waals surface area contributed by atoms with Crippen LogP contribution in [0.2, 0.25) is 5.02 Å². The Hall–Kier alpha value is -3.10. The zero-order valence-electron chi connectivity index (χ0n) is 15.9. The first-order chi connectivity index (χ1) is 14.7. The number of hydrogen-bond acceptors (Lipinski definition) is 5. The zero-order valence-corrected chi connectivity index (χ0v) is 17.5. The number of para-hydroxylation sites is 1. The molecule has 0 saturated carbocycles. The minimum absolute atomic E-state index is 0.0545. The van der Waals surface area contributed by atoms with Gasteiger partial charge in [0.2, 0.25) is 0 Å². The number of aliphatic imine (C=N–C) groups is 1. The largest absolute Gasteiger partial charge is 0.457 e. The van der Waals surface area contributed by atoms with Crippen LogP contribution >= 0.6 is 22.9 Å². The number of halogens is 4. The molecule has 0 aliphatic rings. The highest BCUT2D eigenvalue weighted by atomic mass is 35.5. The number of carbonyl (C=O) groups excluding carboxylic acids is 1. The summed E-state index contributed by atoms with van der Waals surface area (Å²) in [5.41, 5.74) is 5.56. The van der Waals surface area contributed by atoms with E-state index < -0.39 is 17.8 Å². The smallest absolute Gasteiger partial charge is 0.430 e. The van der Waals surface area contributed by atoms with Crippen LogP contribution in [0.5, 0.6) is 0 Å². The third-order valence-corrected chi connectivity index (χ3v) is 5.13. The number of esters is 1. The first-order valence-corrected chi connectivity index (χ1v) is 10.2. The highest BCUT2D eigenvalue weighted by molar-refractivity contribution is 7.07. The Morgan fingerprint density at radius 2 is 1.77 bits per heavy atom. The van der Waals surface area contributed by atoms with Crippen LogP contribution in [0.4, 0.5) is 18.9 Å². The second-order valence-electron chi connectivity index (χ2n) is 6.33. The molecular weight excluding hydrogens is 449 g/mol. The molecule has 0 fully saturated rings. The van der Waals surface area contributed by atoms with Gasteiger partial charge in [0, 0.05) is 11.1 Å². The van der Waals surface area contributed by atoms with Crippen molar-refractivity contribution in [1.29, 1.82) is 0 Å². The van der Waals surface area contributed by atoms with Crippen molar-refractivity contribution in [3.8, 4) is 0 Å². The summed E-state index contributed by atoms with van der Waals surface area (Å²) in [7, 11) is 0. The molecule has 9 heteroatoms. The number of allylic oxidation sites excluding steroid dienone is 2. The SMILES string of the molecule is N/C(=C\C(=Nc1ccccc1Cl)c1ccc(C(=O)OCc2ccsc2)cc1)C(F)(F)F. The van der Waals surface area contributed by atoms with E-state index in [9.17, 15) is 18.0 Å². The number of benzene rings is 2. The summed E-state index contributed by atoms with van der Waals surface area (Å²) in [4.78, 5) is 16.5. The standard InChI is InChI=1S/C22H16ClF3N2O2S/c23-17-3-1-2-4-18(17)28-19(11-20(27)22(24,25)26)15-5-7-16(8-6-15)21(29)30-12-14-9-10-31-13-14/h1-11,13H,12,27H2/b20-11-,28-19?. The van der Waals surface area contributed by atoms with E-state index >= 15 is 0 Å². The lowest BCUT2D eigenvalue weighted by Crippen LogP contribution is -2.21. The van der Waals surface area contributed by atoms with Gasteiger partial charge in [-0.15, -0.1) is 0 Å². The Bertz CT molecular complexity index is 1110. The number of alkyl halides is 3. The van der Waals surface area contributed by atoms with E-state index in [0.29, 0.717) is 5.56 Å². The second-order valence-corrected chi connectivity index (χ2v) is 7.52. The van der Waals surface area contributed by atoms with E-state index in [1.54, 1.807) is 24.3 Å². The number of rotatable bonds is 6. The summed E-state index contributed by atoms with van der Waals surface area (Å²) in [6.07, 6.45) is -3.99. The molecule has 3 rings (SSSR count). The van der Waals surface area contributed by atoms with Crippen LogP contribution in [0.1, 0.15) is 21.5 Å². The summed E-state index contributed by atoms with van der Waals surface area (Å²) >= 11 is 7.58. The molecule has 2 N–H and O–H groups in total. The average molecular weight is 465 g/mol. The number of hydrogen-bond donors (Lipinski definition) is 1. The van der Waals surface area contributed by atoms with E-state index in [1.165, 1.54) is 35.6 Å².